The molecule has 0 atom stereocenters. The summed E-state index contributed by atoms with van der Waals surface area (Å²) in [4.78, 5) is 31.8. The van der Waals surface area contributed by atoms with Crippen molar-refractivity contribution in [2.75, 3.05) is 0 Å². The number of carbonyl (C=O) groups is 2. The molecule has 2 heterocycles. The third-order valence-electron chi connectivity index (χ3n) is 4.98. The van der Waals surface area contributed by atoms with Crippen molar-refractivity contribution in [3.05, 3.63) is 81.2 Å². The van der Waals surface area contributed by atoms with Gasteiger partial charge in [-0.15, -0.1) is 11.3 Å². The van der Waals surface area contributed by atoms with Crippen molar-refractivity contribution >= 4 is 39.4 Å². The van der Waals surface area contributed by atoms with Gasteiger partial charge in [0.25, 0.3) is 0 Å². The molecule has 1 aliphatic carbocycles. The minimum atomic E-state index is -0.204. The van der Waals surface area contributed by atoms with Crippen molar-refractivity contribution in [2.24, 2.45) is 0 Å². The first-order valence-electron chi connectivity index (χ1n) is 8.90. The van der Waals surface area contributed by atoms with E-state index in [1.165, 1.54) is 11.3 Å². The summed E-state index contributed by atoms with van der Waals surface area (Å²) in [6.07, 6.45) is 1.66. The monoisotopic (exact) mass is 385 g/mol. The van der Waals surface area contributed by atoms with Crippen LogP contribution in [0.1, 0.15) is 36.7 Å². The quantitative estimate of drug-likeness (QED) is 0.331. The Morgan fingerprint density at radius 1 is 0.929 bits per heavy atom. The first kappa shape index (κ1) is 16.8. The van der Waals surface area contributed by atoms with Crippen LogP contribution in [0.15, 0.2) is 58.5 Å². The van der Waals surface area contributed by atoms with Gasteiger partial charge in [-0.3, -0.25) is 9.59 Å². The summed E-state index contributed by atoms with van der Waals surface area (Å²) in [5.74, 6) is 0.154. The van der Waals surface area contributed by atoms with Gasteiger partial charge >= 0.3 is 0 Å². The van der Waals surface area contributed by atoms with Gasteiger partial charge in [0.05, 0.1) is 5.57 Å². The number of thiophene rings is 1. The summed E-state index contributed by atoms with van der Waals surface area (Å²) in [6, 6.07) is 15.3. The first-order valence-corrected chi connectivity index (χ1v) is 9.71. The van der Waals surface area contributed by atoms with Gasteiger partial charge in [-0.05, 0) is 43.2 Å². The number of aromatic nitrogens is 1. The van der Waals surface area contributed by atoms with E-state index in [1.54, 1.807) is 6.08 Å². The molecule has 0 bridgehead atoms. The maximum Gasteiger partial charge on any atom is 0.228 e. The van der Waals surface area contributed by atoms with E-state index in [0.29, 0.717) is 22.6 Å². The number of carbonyl (C=O) groups excluding carboxylic acids is 2. The van der Waals surface area contributed by atoms with Crippen molar-refractivity contribution in [2.45, 2.75) is 13.8 Å². The van der Waals surface area contributed by atoms with Gasteiger partial charge in [0.1, 0.15) is 0 Å². The highest BCUT2D eigenvalue weighted by molar-refractivity contribution is 7.19. The molecule has 28 heavy (non-hydrogen) atoms. The number of Topliss-reactive ketones (excluding diaryl/α,β-unsaturated/α-hetero) is 2. The first-order chi connectivity index (χ1) is 13.5. The molecule has 0 aliphatic heterocycles. The second-order valence-electron chi connectivity index (χ2n) is 6.87. The van der Waals surface area contributed by atoms with Gasteiger partial charge in [-0.25, -0.2) is 0 Å². The lowest BCUT2D eigenvalue weighted by atomic mass is 9.99. The van der Waals surface area contributed by atoms with E-state index in [0.717, 1.165) is 26.4 Å². The predicted molar refractivity (Wildman–Crippen MR) is 110 cm³/mol. The molecule has 0 saturated heterocycles. The van der Waals surface area contributed by atoms with Crippen LogP contribution < -0.4 is 0 Å². The molecule has 1 aliphatic rings. The Balaban J connectivity index is 1.55. The molecule has 2 aromatic carbocycles. The van der Waals surface area contributed by atoms with Gasteiger partial charge in [-0.1, -0.05) is 30.3 Å². The molecule has 5 heteroatoms. The number of fused-ring (bicyclic) bond motifs is 2. The third-order valence-corrected chi connectivity index (χ3v) is 5.94. The molecule has 0 N–H and O–H groups in total. The zero-order valence-electron chi connectivity index (χ0n) is 15.3. The topological polar surface area (TPSA) is 60.2 Å². The Bertz CT molecular complexity index is 1230. The summed E-state index contributed by atoms with van der Waals surface area (Å²) in [5.41, 5.74) is 4.49. The van der Waals surface area contributed by atoms with Crippen molar-refractivity contribution in [1.29, 1.82) is 0 Å². The highest BCUT2D eigenvalue weighted by Gasteiger charge is 2.35. The Hall–Kier alpha value is -3.31. The van der Waals surface area contributed by atoms with Crippen molar-refractivity contribution in [3.63, 3.8) is 0 Å². The zero-order valence-corrected chi connectivity index (χ0v) is 16.1. The summed E-state index contributed by atoms with van der Waals surface area (Å²) < 4.78 is 5.85. The molecular weight excluding hydrogens is 370 g/mol. The van der Waals surface area contributed by atoms with Crippen LogP contribution in [-0.2, 0) is 0 Å². The van der Waals surface area contributed by atoms with Crippen LogP contribution in [0.2, 0.25) is 0 Å². The normalized spacial score (nSPS) is 13.4. The van der Waals surface area contributed by atoms with Crippen LogP contribution in [-0.4, -0.2) is 16.6 Å². The third kappa shape index (κ3) is 2.47. The fourth-order valence-electron chi connectivity index (χ4n) is 3.57. The molecule has 0 unspecified atom stereocenters. The molecule has 4 aromatic rings. The number of hydrogen-bond donors (Lipinski definition) is 0. The Kier molecular flexibility index (Phi) is 3.67. The van der Waals surface area contributed by atoms with Crippen LogP contribution in [0.5, 0.6) is 0 Å². The average Bonchev–Trinajstić information content (AvgIpc) is 3.32. The molecule has 0 spiro atoms. The van der Waals surface area contributed by atoms with E-state index in [4.69, 9.17) is 4.42 Å². The number of oxazole rings is 1. The molecule has 0 amide bonds. The summed E-state index contributed by atoms with van der Waals surface area (Å²) in [5, 5.41) is 0. The van der Waals surface area contributed by atoms with Gasteiger partial charge in [-0.2, -0.15) is 4.98 Å². The minimum absolute atomic E-state index is 0.204. The second-order valence-corrected chi connectivity index (χ2v) is 7.93. The van der Waals surface area contributed by atoms with Gasteiger partial charge in [0.2, 0.25) is 5.89 Å². The lowest BCUT2D eigenvalue weighted by molar-refractivity contribution is 0.0990. The number of rotatable bonds is 2. The number of nitrogens with zero attached hydrogens (tertiary/aromatic N) is 1. The zero-order chi connectivity index (χ0) is 19.4. The smallest absolute Gasteiger partial charge is 0.228 e. The van der Waals surface area contributed by atoms with Crippen LogP contribution in [0.4, 0.5) is 0 Å². The standard InChI is InChI=1S/C23H15NO3S/c1-12-8-9-13(2)19-18(12)20(25)16(21(19)26)10-15-11-17-23(28-15)24-22(27-17)14-6-4-3-5-7-14/h3-11H,1-2H3. The SMILES string of the molecule is Cc1ccc(C)c2c1C(=O)C(=Cc1cc3oc(-c4ccccc4)nc3s1)C2=O. The van der Waals surface area contributed by atoms with E-state index in [1.807, 2.05) is 62.4 Å². The van der Waals surface area contributed by atoms with Crippen LogP contribution >= 0.6 is 11.3 Å². The molecule has 0 fully saturated rings. The number of aryl methyl sites for hydroxylation is 2. The lowest BCUT2D eigenvalue weighted by Crippen LogP contribution is -2.00. The molecule has 136 valence electrons. The molecule has 0 radical (unpaired) electrons. The van der Waals surface area contributed by atoms with Crippen molar-refractivity contribution in [1.82, 2.24) is 4.98 Å². The number of ketones is 2. The average molecular weight is 385 g/mol. The molecular formula is C23H15NO3S. The fourth-order valence-corrected chi connectivity index (χ4v) is 4.47. The lowest BCUT2D eigenvalue weighted by Gasteiger charge is -2.03. The number of hydrogen-bond acceptors (Lipinski definition) is 5. The fraction of sp³-hybridized carbons (Fsp3) is 0.0870. The summed E-state index contributed by atoms with van der Waals surface area (Å²) in [6.45, 7) is 3.72. The van der Waals surface area contributed by atoms with E-state index in [2.05, 4.69) is 4.98 Å². The van der Waals surface area contributed by atoms with Crippen molar-refractivity contribution in [3.8, 4) is 11.5 Å². The van der Waals surface area contributed by atoms with E-state index >= 15 is 0 Å². The minimum Gasteiger partial charge on any atom is -0.435 e. The van der Waals surface area contributed by atoms with E-state index in [-0.39, 0.29) is 17.1 Å². The summed E-state index contributed by atoms with van der Waals surface area (Å²) >= 11 is 1.41. The highest BCUT2D eigenvalue weighted by Crippen LogP contribution is 2.35. The van der Waals surface area contributed by atoms with Gasteiger partial charge in [0.15, 0.2) is 22.0 Å². The van der Waals surface area contributed by atoms with Gasteiger partial charge in [0, 0.05) is 27.6 Å². The van der Waals surface area contributed by atoms with Crippen molar-refractivity contribution < 1.29 is 14.0 Å². The maximum absolute atomic E-state index is 12.9. The maximum atomic E-state index is 12.9. The van der Waals surface area contributed by atoms with Crippen LogP contribution in [0.3, 0.4) is 0 Å². The Labute approximate surface area is 165 Å². The Morgan fingerprint density at radius 2 is 1.57 bits per heavy atom. The predicted octanol–water partition coefficient (Wildman–Crippen LogP) is 5.64. The van der Waals surface area contributed by atoms with E-state index < -0.39 is 0 Å². The highest BCUT2D eigenvalue weighted by atomic mass is 32.1. The molecule has 4 nitrogen and oxygen atoms in total. The largest absolute Gasteiger partial charge is 0.435 e. The molecule has 5 rings (SSSR count). The van der Waals surface area contributed by atoms with Gasteiger partial charge < -0.3 is 4.42 Å². The van der Waals surface area contributed by atoms with E-state index in [9.17, 15) is 9.59 Å². The number of allylic oxidation sites excluding steroid dienone is 1. The number of benzene rings is 2. The molecule has 0 saturated carbocycles. The Morgan fingerprint density at radius 3 is 2.18 bits per heavy atom. The molecule has 2 aromatic heterocycles. The second kappa shape index (κ2) is 6.11. The van der Waals surface area contributed by atoms with Crippen LogP contribution in [0.25, 0.3) is 27.9 Å². The van der Waals surface area contributed by atoms with Crippen LogP contribution in [0, 0.1) is 13.8 Å². The summed E-state index contributed by atoms with van der Waals surface area (Å²) in [7, 11) is 0.